The topological polar surface area (TPSA) is 94.2 Å². The number of H-pyrrole nitrogens is 1. The molecule has 0 aliphatic heterocycles. The molecule has 1 amide bonds. The number of rotatable bonds is 6. The first-order valence-electron chi connectivity index (χ1n) is 9.51. The third kappa shape index (κ3) is 5.02. The molecule has 2 atom stereocenters. The fourth-order valence-corrected chi connectivity index (χ4v) is 4.05. The summed E-state index contributed by atoms with van der Waals surface area (Å²) in [4.78, 5) is 26.8. The molecule has 0 bridgehead atoms. The lowest BCUT2D eigenvalue weighted by atomic mass is 9.78. The molecule has 1 aliphatic carbocycles. The van der Waals surface area contributed by atoms with Crippen LogP contribution in [0.1, 0.15) is 36.9 Å². The number of hydrogen-bond acceptors (Lipinski definition) is 4. The average molecular weight is 411 g/mol. The van der Waals surface area contributed by atoms with Crippen molar-refractivity contribution >= 4 is 22.8 Å². The molecule has 3 rings (SSSR count). The van der Waals surface area contributed by atoms with Crippen LogP contribution in [-0.4, -0.2) is 29.8 Å². The second-order valence-electron chi connectivity index (χ2n) is 7.34. The Morgan fingerprint density at radius 3 is 2.59 bits per heavy atom. The number of ether oxygens (including phenoxy) is 1. The fourth-order valence-electron chi connectivity index (χ4n) is 4.05. The Bertz CT molecular complexity index is 907. The maximum absolute atomic E-state index is 12.5. The van der Waals surface area contributed by atoms with Crippen molar-refractivity contribution in [2.45, 2.75) is 45.4 Å². The summed E-state index contributed by atoms with van der Waals surface area (Å²) in [5.41, 5.74) is 2.22. The van der Waals surface area contributed by atoms with E-state index in [2.05, 4.69) is 15.0 Å². The number of hydrogen-bond donors (Lipinski definition) is 2. The SMILES string of the molecule is Cc1[nH]c2ccc(OC(F)(F)F)cc2c1CCNC(=O)[C@H]1CCCC[C@@H]1C(=O)[O-]. The molecule has 0 unspecified atom stereocenters. The molecule has 2 aromatic rings. The molecule has 1 saturated carbocycles. The van der Waals surface area contributed by atoms with Gasteiger partial charge in [-0.05, 0) is 49.9 Å². The summed E-state index contributed by atoms with van der Waals surface area (Å²) in [7, 11) is 0. The Morgan fingerprint density at radius 2 is 1.93 bits per heavy atom. The first kappa shape index (κ1) is 21.0. The van der Waals surface area contributed by atoms with Gasteiger partial charge in [0.2, 0.25) is 5.91 Å². The molecule has 0 spiro atoms. The molecule has 158 valence electrons. The molecule has 0 saturated heterocycles. The summed E-state index contributed by atoms with van der Waals surface area (Å²) in [5, 5.41) is 14.6. The largest absolute Gasteiger partial charge is 0.573 e. The molecule has 1 fully saturated rings. The van der Waals surface area contributed by atoms with Crippen molar-refractivity contribution in [1.29, 1.82) is 0 Å². The standard InChI is InChI=1S/C20H23F3N2O4/c1-11-13(16-10-12(29-20(21,22)23)6-7-17(16)25-11)8-9-24-18(26)14-4-2-3-5-15(14)19(27)28/h6-7,10,14-15,25H,2-5,8-9H2,1H3,(H,24,26)(H,27,28)/p-1/t14-,15-/m0/s1. The number of amides is 1. The van der Waals surface area contributed by atoms with Gasteiger partial charge in [-0.15, -0.1) is 13.2 Å². The van der Waals surface area contributed by atoms with Gasteiger partial charge in [-0.2, -0.15) is 0 Å². The van der Waals surface area contributed by atoms with E-state index in [0.29, 0.717) is 30.2 Å². The first-order chi connectivity index (χ1) is 13.7. The van der Waals surface area contributed by atoms with E-state index in [1.54, 1.807) is 6.92 Å². The number of aromatic nitrogens is 1. The van der Waals surface area contributed by atoms with E-state index in [0.717, 1.165) is 24.1 Å². The minimum absolute atomic E-state index is 0.243. The molecule has 0 radical (unpaired) electrons. The van der Waals surface area contributed by atoms with Crippen LogP contribution in [0.2, 0.25) is 0 Å². The van der Waals surface area contributed by atoms with Gasteiger partial charge in [0.05, 0.1) is 0 Å². The Kier molecular flexibility index (Phi) is 6.04. The van der Waals surface area contributed by atoms with Crippen molar-refractivity contribution < 1.29 is 32.6 Å². The van der Waals surface area contributed by atoms with E-state index in [-0.39, 0.29) is 18.2 Å². The lowest BCUT2D eigenvalue weighted by molar-refractivity contribution is -0.314. The van der Waals surface area contributed by atoms with E-state index in [4.69, 9.17) is 0 Å². The number of aryl methyl sites for hydroxylation is 1. The lowest BCUT2D eigenvalue weighted by Crippen LogP contribution is -2.44. The highest BCUT2D eigenvalue weighted by molar-refractivity contribution is 5.86. The van der Waals surface area contributed by atoms with Crippen LogP contribution < -0.4 is 15.2 Å². The number of aliphatic carboxylic acids is 1. The quantitative estimate of drug-likeness (QED) is 0.764. The summed E-state index contributed by atoms with van der Waals surface area (Å²) < 4.78 is 41.4. The molecule has 1 heterocycles. The normalized spacial score (nSPS) is 19.9. The van der Waals surface area contributed by atoms with Gasteiger partial charge in [0.15, 0.2) is 0 Å². The molecule has 1 aromatic carbocycles. The highest BCUT2D eigenvalue weighted by Gasteiger charge is 2.32. The summed E-state index contributed by atoms with van der Waals surface area (Å²) in [5.74, 6) is -3.22. The van der Waals surface area contributed by atoms with E-state index in [1.807, 2.05) is 0 Å². The van der Waals surface area contributed by atoms with Gasteiger partial charge >= 0.3 is 6.36 Å². The van der Waals surface area contributed by atoms with Gasteiger partial charge in [-0.1, -0.05) is 12.8 Å². The lowest BCUT2D eigenvalue weighted by Gasteiger charge is -2.31. The van der Waals surface area contributed by atoms with Gasteiger partial charge in [-0.25, -0.2) is 0 Å². The summed E-state index contributed by atoms with van der Waals surface area (Å²) in [6, 6.07) is 4.06. The summed E-state index contributed by atoms with van der Waals surface area (Å²) >= 11 is 0. The Hall–Kier alpha value is -2.71. The molecule has 1 aliphatic rings. The average Bonchev–Trinajstić information content (AvgIpc) is 2.95. The molecular weight excluding hydrogens is 389 g/mol. The Balaban J connectivity index is 1.68. The fraction of sp³-hybridized carbons (Fsp3) is 0.500. The highest BCUT2D eigenvalue weighted by Crippen LogP contribution is 2.31. The van der Waals surface area contributed by atoms with Gasteiger partial charge < -0.3 is 24.9 Å². The van der Waals surface area contributed by atoms with Crippen LogP contribution >= 0.6 is 0 Å². The van der Waals surface area contributed by atoms with Crippen LogP contribution in [0, 0.1) is 18.8 Å². The van der Waals surface area contributed by atoms with E-state index in [1.165, 1.54) is 18.2 Å². The minimum Gasteiger partial charge on any atom is -0.550 e. The van der Waals surface area contributed by atoms with Crippen molar-refractivity contribution in [3.63, 3.8) is 0 Å². The van der Waals surface area contributed by atoms with Crippen molar-refractivity contribution in [3.8, 4) is 5.75 Å². The van der Waals surface area contributed by atoms with Gasteiger partial charge in [0, 0.05) is 40.9 Å². The smallest absolute Gasteiger partial charge is 0.550 e. The van der Waals surface area contributed by atoms with E-state index >= 15 is 0 Å². The van der Waals surface area contributed by atoms with Crippen molar-refractivity contribution in [2.24, 2.45) is 11.8 Å². The van der Waals surface area contributed by atoms with Crippen molar-refractivity contribution in [2.75, 3.05) is 6.54 Å². The number of nitrogens with one attached hydrogen (secondary N) is 2. The van der Waals surface area contributed by atoms with E-state index in [9.17, 15) is 27.9 Å². The number of halogens is 3. The summed E-state index contributed by atoms with van der Waals surface area (Å²) in [6.45, 7) is 2.04. The number of carboxylic acids is 1. The monoisotopic (exact) mass is 411 g/mol. The van der Waals surface area contributed by atoms with E-state index < -0.39 is 24.2 Å². The van der Waals surface area contributed by atoms with Crippen molar-refractivity contribution in [3.05, 3.63) is 29.5 Å². The molecular formula is C20H22F3N2O4-. The number of benzene rings is 1. The second kappa shape index (κ2) is 8.34. The van der Waals surface area contributed by atoms with Crippen LogP contribution in [0.3, 0.4) is 0 Å². The zero-order chi connectivity index (χ0) is 21.2. The number of aromatic amines is 1. The molecule has 29 heavy (non-hydrogen) atoms. The van der Waals surface area contributed by atoms with Crippen LogP contribution in [0.25, 0.3) is 10.9 Å². The third-order valence-electron chi connectivity index (χ3n) is 5.40. The molecule has 1 aromatic heterocycles. The second-order valence-corrected chi connectivity index (χ2v) is 7.34. The highest BCUT2D eigenvalue weighted by atomic mass is 19.4. The van der Waals surface area contributed by atoms with Crippen LogP contribution in [0.5, 0.6) is 5.75 Å². The number of carboxylic acid groups (broad SMARTS) is 1. The number of carbonyl (C=O) groups excluding carboxylic acids is 2. The van der Waals surface area contributed by atoms with Crippen LogP contribution in [-0.2, 0) is 16.0 Å². The molecule has 9 heteroatoms. The number of alkyl halides is 3. The van der Waals surface area contributed by atoms with Gasteiger partial charge in [0.1, 0.15) is 5.75 Å². The Morgan fingerprint density at radius 1 is 1.24 bits per heavy atom. The summed E-state index contributed by atoms with van der Waals surface area (Å²) in [6.07, 6.45) is -1.89. The number of carbonyl (C=O) groups is 2. The van der Waals surface area contributed by atoms with Gasteiger partial charge in [0.25, 0.3) is 0 Å². The predicted molar refractivity (Wildman–Crippen MR) is 96.9 cm³/mol. The van der Waals surface area contributed by atoms with Gasteiger partial charge in [-0.3, -0.25) is 4.79 Å². The molecule has 6 nitrogen and oxygen atoms in total. The third-order valence-corrected chi connectivity index (χ3v) is 5.40. The van der Waals surface area contributed by atoms with Crippen molar-refractivity contribution in [1.82, 2.24) is 10.3 Å². The van der Waals surface area contributed by atoms with Crippen LogP contribution in [0.4, 0.5) is 13.2 Å². The zero-order valence-electron chi connectivity index (χ0n) is 15.9. The first-order valence-corrected chi connectivity index (χ1v) is 9.51. The van der Waals surface area contributed by atoms with Crippen LogP contribution in [0.15, 0.2) is 18.2 Å². The number of fused-ring (bicyclic) bond motifs is 1. The molecule has 2 N–H and O–H groups in total. The minimum atomic E-state index is -4.78. The maximum atomic E-state index is 12.5. The maximum Gasteiger partial charge on any atom is 0.573 e. The zero-order valence-corrected chi connectivity index (χ0v) is 15.9. The Labute approximate surface area is 165 Å². The predicted octanol–water partition coefficient (Wildman–Crippen LogP) is 2.59.